The van der Waals surface area contributed by atoms with E-state index in [4.69, 9.17) is 18.5 Å². The van der Waals surface area contributed by atoms with Gasteiger partial charge in [-0.1, -0.05) is 0 Å². The van der Waals surface area contributed by atoms with Gasteiger partial charge in [-0.25, -0.2) is 0 Å². The van der Waals surface area contributed by atoms with Crippen LogP contribution in [0.4, 0.5) is 0 Å². The van der Waals surface area contributed by atoms with Gasteiger partial charge in [0.15, 0.2) is 12.6 Å². The Labute approximate surface area is 70.9 Å². The van der Waals surface area contributed by atoms with Crippen molar-refractivity contribution >= 4 is 8.25 Å². The molecule has 12 heavy (non-hydrogen) atoms. The number of hydrogen-bond donors (Lipinski definition) is 0. The quantitative estimate of drug-likeness (QED) is 0.491. The van der Waals surface area contributed by atoms with E-state index in [0.29, 0.717) is 0 Å². The van der Waals surface area contributed by atoms with E-state index in [0.717, 1.165) is 0 Å². The third-order valence-corrected chi connectivity index (χ3v) is 2.59. The number of epoxide rings is 2. The van der Waals surface area contributed by atoms with Gasteiger partial charge in [0, 0.05) is 0 Å². The summed E-state index contributed by atoms with van der Waals surface area (Å²) in [6.07, 6.45) is -0.601. The van der Waals surface area contributed by atoms with Gasteiger partial charge in [0.1, 0.15) is 12.2 Å². The average molecular weight is 194 g/mol. The zero-order chi connectivity index (χ0) is 8.72. The lowest BCUT2D eigenvalue weighted by Crippen LogP contribution is -1.95. The number of rotatable bonds is 4. The third kappa shape index (κ3) is 2.06. The molecule has 0 aromatic rings. The van der Waals surface area contributed by atoms with Gasteiger partial charge in [-0.05, 0) is 13.8 Å². The summed E-state index contributed by atoms with van der Waals surface area (Å²) in [4.78, 5) is 0. The molecule has 0 aliphatic carbocycles. The molecule has 0 radical (unpaired) electrons. The first-order chi connectivity index (χ1) is 5.66. The minimum absolute atomic E-state index is 0.0418. The summed E-state index contributed by atoms with van der Waals surface area (Å²) in [5.41, 5.74) is 0. The molecular weight excluding hydrogens is 183 g/mol. The van der Waals surface area contributed by atoms with E-state index in [-0.39, 0.29) is 24.8 Å². The predicted molar refractivity (Wildman–Crippen MR) is 39.8 cm³/mol. The molecule has 0 N–H and O–H groups in total. The highest BCUT2D eigenvalue weighted by Crippen LogP contribution is 2.40. The monoisotopic (exact) mass is 194 g/mol. The fourth-order valence-corrected chi connectivity index (χ4v) is 1.73. The minimum atomic E-state index is -2.43. The second kappa shape index (κ2) is 3.09. The van der Waals surface area contributed by atoms with Gasteiger partial charge in [0.25, 0.3) is 0 Å². The zero-order valence-electron chi connectivity index (χ0n) is 6.85. The van der Waals surface area contributed by atoms with Crippen LogP contribution in [-0.2, 0) is 23.1 Å². The van der Waals surface area contributed by atoms with E-state index in [9.17, 15) is 4.57 Å². The van der Waals surface area contributed by atoms with Gasteiger partial charge in [-0.3, -0.25) is 13.6 Å². The molecule has 2 aliphatic heterocycles. The molecule has 2 fully saturated rings. The van der Waals surface area contributed by atoms with E-state index in [1.165, 1.54) is 0 Å². The topological polar surface area (TPSA) is 60.6 Å². The highest BCUT2D eigenvalue weighted by molar-refractivity contribution is 7.33. The SMILES string of the molecule is CC1O[C@@H]1O[PH](=O)O[C@H]1OC1C. The normalized spacial score (nSPS) is 47.2. The van der Waals surface area contributed by atoms with Crippen LogP contribution in [0.3, 0.4) is 0 Å². The molecule has 2 unspecified atom stereocenters. The lowest BCUT2D eigenvalue weighted by atomic mass is 10.5. The molecule has 0 saturated carbocycles. The van der Waals surface area contributed by atoms with Crippen molar-refractivity contribution in [3.05, 3.63) is 0 Å². The van der Waals surface area contributed by atoms with Crippen LogP contribution in [0.5, 0.6) is 0 Å². The van der Waals surface area contributed by atoms with Gasteiger partial charge < -0.3 is 9.47 Å². The summed E-state index contributed by atoms with van der Waals surface area (Å²) in [5, 5.41) is 0. The molecule has 0 aromatic heterocycles. The summed E-state index contributed by atoms with van der Waals surface area (Å²) in [6, 6.07) is 0. The molecule has 2 aliphatic rings. The lowest BCUT2D eigenvalue weighted by molar-refractivity contribution is 0.117. The van der Waals surface area contributed by atoms with Gasteiger partial charge in [-0.15, -0.1) is 0 Å². The van der Waals surface area contributed by atoms with Gasteiger partial charge in [0.05, 0.1) is 0 Å². The highest BCUT2D eigenvalue weighted by atomic mass is 31.1. The number of ether oxygens (including phenoxy) is 2. The highest BCUT2D eigenvalue weighted by Gasteiger charge is 2.41. The Bertz CT molecular complexity index is 188. The fourth-order valence-electron chi connectivity index (χ4n) is 0.797. The van der Waals surface area contributed by atoms with Crippen molar-refractivity contribution in [2.24, 2.45) is 0 Å². The van der Waals surface area contributed by atoms with Crippen molar-refractivity contribution in [1.82, 2.24) is 0 Å². The maximum atomic E-state index is 11.0. The van der Waals surface area contributed by atoms with Crippen LogP contribution in [0, 0.1) is 0 Å². The van der Waals surface area contributed by atoms with Gasteiger partial charge in [0.2, 0.25) is 0 Å². The average Bonchev–Trinajstić information content (AvgIpc) is 2.80. The summed E-state index contributed by atoms with van der Waals surface area (Å²) in [6.45, 7) is 3.69. The molecule has 2 heterocycles. The Morgan fingerprint density at radius 2 is 1.42 bits per heavy atom. The fraction of sp³-hybridized carbons (Fsp3) is 1.00. The Hall–Kier alpha value is 0.0700. The smallest absolute Gasteiger partial charge is 0.323 e. The van der Waals surface area contributed by atoms with Crippen LogP contribution >= 0.6 is 8.25 Å². The molecule has 2 rings (SSSR count). The second-order valence-corrected chi connectivity index (χ2v) is 3.88. The first-order valence-electron chi connectivity index (χ1n) is 3.85. The molecule has 2 saturated heterocycles. The molecule has 5 nitrogen and oxygen atoms in total. The Morgan fingerprint density at radius 1 is 1.08 bits per heavy atom. The summed E-state index contributed by atoms with van der Waals surface area (Å²) >= 11 is 0. The molecule has 4 atom stereocenters. The Morgan fingerprint density at radius 3 is 1.67 bits per heavy atom. The van der Waals surface area contributed by atoms with E-state index >= 15 is 0 Å². The van der Waals surface area contributed by atoms with Crippen molar-refractivity contribution in [2.45, 2.75) is 38.6 Å². The summed E-state index contributed by atoms with van der Waals surface area (Å²) < 4.78 is 30.6. The van der Waals surface area contributed by atoms with Crippen molar-refractivity contribution in [3.8, 4) is 0 Å². The predicted octanol–water partition coefficient (Wildman–Crippen LogP) is 0.899. The van der Waals surface area contributed by atoms with E-state index in [1.54, 1.807) is 0 Å². The van der Waals surface area contributed by atoms with Crippen LogP contribution in [-0.4, -0.2) is 24.8 Å². The maximum Gasteiger partial charge on any atom is 0.323 e. The van der Waals surface area contributed by atoms with Crippen molar-refractivity contribution < 1.29 is 23.1 Å². The standard InChI is InChI=1S/C6H11O5P/c1-3-5(8-3)10-12(7)11-6-4(2)9-6/h3-6,12H,1-2H3/t3?,4?,5-,6-/m1/s1. The largest absolute Gasteiger partial charge is 0.341 e. The molecule has 70 valence electrons. The van der Waals surface area contributed by atoms with E-state index < -0.39 is 8.25 Å². The maximum absolute atomic E-state index is 11.0. The zero-order valence-corrected chi connectivity index (χ0v) is 7.85. The molecule has 0 bridgehead atoms. The Kier molecular flexibility index (Phi) is 2.23. The summed E-state index contributed by atoms with van der Waals surface area (Å²) in [7, 11) is -2.43. The molecule has 0 spiro atoms. The molecule has 0 aromatic carbocycles. The molecular formula is C6H11O5P. The lowest BCUT2D eigenvalue weighted by Gasteiger charge is -1.98. The van der Waals surface area contributed by atoms with Crippen molar-refractivity contribution in [2.75, 3.05) is 0 Å². The van der Waals surface area contributed by atoms with E-state index in [1.807, 2.05) is 13.8 Å². The second-order valence-electron chi connectivity index (χ2n) is 2.90. The van der Waals surface area contributed by atoms with Crippen LogP contribution < -0.4 is 0 Å². The third-order valence-electron chi connectivity index (χ3n) is 1.74. The van der Waals surface area contributed by atoms with Gasteiger partial charge in [-0.2, -0.15) is 0 Å². The Balaban J connectivity index is 1.64. The van der Waals surface area contributed by atoms with Crippen LogP contribution in [0.15, 0.2) is 0 Å². The van der Waals surface area contributed by atoms with Crippen LogP contribution in [0.25, 0.3) is 0 Å². The van der Waals surface area contributed by atoms with E-state index in [2.05, 4.69) is 0 Å². The van der Waals surface area contributed by atoms with Gasteiger partial charge >= 0.3 is 8.25 Å². The molecule has 6 heteroatoms. The van der Waals surface area contributed by atoms with Crippen LogP contribution in [0.2, 0.25) is 0 Å². The van der Waals surface area contributed by atoms with Crippen LogP contribution in [0.1, 0.15) is 13.8 Å². The first-order valence-corrected chi connectivity index (χ1v) is 5.07. The minimum Gasteiger partial charge on any atom is -0.341 e. The van der Waals surface area contributed by atoms with Crippen molar-refractivity contribution in [1.29, 1.82) is 0 Å². The molecule has 0 amide bonds. The number of hydrogen-bond acceptors (Lipinski definition) is 5. The summed E-state index contributed by atoms with van der Waals surface area (Å²) in [5.74, 6) is 0. The van der Waals surface area contributed by atoms with Crippen molar-refractivity contribution in [3.63, 3.8) is 0 Å². The first kappa shape index (κ1) is 8.66.